The zero-order valence-electron chi connectivity index (χ0n) is 64.5. The summed E-state index contributed by atoms with van der Waals surface area (Å²) in [6.45, 7) is 48.7. The lowest BCUT2D eigenvalue weighted by atomic mass is 9.94. The standard InChI is InChI=1S/C7H10F6.3C7H13F3.2C6H8F6.C6H11F3.4C6H14/c1-2-3-4-5(6(8,9)10)7(11,12)13;1-3-4-6(2)5-7(8,9)10;1-3-4-5-6(2)7(8,9)10;1-2-3-4-5-6-7(8,9)10;1-4(6(10,11)12)2-3-5(7,8)9;1-2-3-4(5(7,8)9)6(10,11)12;1-3-4-5(2)6(7,8)9;2*1-5-6(2,3)4;1-5(2)6(3)4;1-4-6(3)5-2/h5H,2-4H2,1H3;2*6H,3-5H2,1-2H3;2-6H2,1H3;2*4H,2-3H2,1H3;5H,3-4H2,1-2H3;2*5H2,1-4H3;5-6H,1-4H3;6H,4-5H2,1-3H3/t;2*6-;;4-;;5-;;;;/m.00.0.0..../s1. The molecule has 0 rings (SSSR count). The molecule has 0 fully saturated rings. The fourth-order valence-electron chi connectivity index (χ4n) is 5.57. The van der Waals surface area contributed by atoms with Crippen LogP contribution in [0.25, 0.3) is 0 Å². The van der Waals surface area contributed by atoms with Crippen LogP contribution in [-0.4, -0.2) is 61.8 Å². The summed E-state index contributed by atoms with van der Waals surface area (Å²) in [5.41, 5.74) is 1.08. The van der Waals surface area contributed by atoms with Gasteiger partial charge in [-0.05, 0) is 73.0 Å². The van der Waals surface area contributed by atoms with Gasteiger partial charge >= 0.3 is 61.8 Å². The Labute approximate surface area is 583 Å². The van der Waals surface area contributed by atoms with Crippen molar-refractivity contribution >= 4 is 0 Å². The third-order valence-corrected chi connectivity index (χ3v) is 14.8. The number of rotatable bonds is 22. The van der Waals surface area contributed by atoms with Crippen molar-refractivity contribution in [1.82, 2.24) is 0 Å². The molecule has 0 bridgehead atoms. The van der Waals surface area contributed by atoms with Crippen molar-refractivity contribution in [2.75, 3.05) is 0 Å². The number of unbranched alkanes of at least 4 members (excludes halogenated alkanes) is 5. The summed E-state index contributed by atoms with van der Waals surface area (Å²) >= 11 is 0. The minimum absolute atomic E-state index is 0.0658. The zero-order valence-corrected chi connectivity index (χ0v) is 64.5. The third kappa shape index (κ3) is 109. The largest absolute Gasteiger partial charge is 0.400 e. The predicted molar refractivity (Wildman–Crippen MR) is 349 cm³/mol. The van der Waals surface area contributed by atoms with Crippen molar-refractivity contribution in [3.8, 4) is 0 Å². The molecule has 0 N–H and O–H groups in total. The highest BCUT2D eigenvalue weighted by molar-refractivity contribution is 4.76. The molecule has 30 heteroatoms. The molecule has 0 nitrogen and oxygen atoms in total. The molecule has 0 aliphatic carbocycles. The first kappa shape index (κ1) is 122. The van der Waals surface area contributed by atoms with Crippen molar-refractivity contribution < 1.29 is 132 Å². The summed E-state index contributed by atoms with van der Waals surface area (Å²) in [5, 5.41) is 0. The maximum Gasteiger partial charge on any atom is 0.400 e. The first-order chi connectivity index (χ1) is 44.1. The van der Waals surface area contributed by atoms with Crippen LogP contribution in [0.5, 0.6) is 0 Å². The second-order valence-corrected chi connectivity index (χ2v) is 28.0. The molecule has 4 atom stereocenters. The molecule has 0 aromatic rings. The zero-order chi connectivity index (χ0) is 83.2. The van der Waals surface area contributed by atoms with Crippen LogP contribution in [0.2, 0.25) is 0 Å². The van der Waals surface area contributed by atoms with E-state index in [4.69, 9.17) is 0 Å². The Morgan fingerprint density at radius 2 is 0.490 bits per heavy atom. The summed E-state index contributed by atoms with van der Waals surface area (Å²) in [4.78, 5) is 0. The highest BCUT2D eigenvalue weighted by atomic mass is 19.5. The molecule has 0 aliphatic heterocycles. The van der Waals surface area contributed by atoms with E-state index < -0.39 is 130 Å². The number of alkyl halides is 30. The van der Waals surface area contributed by atoms with Gasteiger partial charge in [0.2, 0.25) is 0 Å². The Bertz CT molecular complexity index is 1630. The molecule has 100 heavy (non-hydrogen) atoms. The monoisotopic (exact) mass is 1540 g/mol. The van der Waals surface area contributed by atoms with E-state index in [-0.39, 0.29) is 38.0 Å². The van der Waals surface area contributed by atoms with E-state index in [0.717, 1.165) is 50.4 Å². The Morgan fingerprint density at radius 1 is 0.230 bits per heavy atom. The maximum atomic E-state index is 11.8. The van der Waals surface area contributed by atoms with Crippen molar-refractivity contribution in [2.45, 2.75) is 389 Å². The van der Waals surface area contributed by atoms with Crippen LogP contribution >= 0.6 is 0 Å². The van der Waals surface area contributed by atoms with Gasteiger partial charge < -0.3 is 0 Å². The lowest BCUT2D eigenvalue weighted by Gasteiger charge is -2.22. The predicted octanol–water partition coefficient (Wildman–Crippen LogP) is 33.9. The fraction of sp³-hybridized carbons (Fsp3) is 1.00. The van der Waals surface area contributed by atoms with Gasteiger partial charge in [0.1, 0.15) is 0 Å². The Balaban J connectivity index is -0.0000000978. The fourth-order valence-corrected chi connectivity index (χ4v) is 5.57. The smallest absolute Gasteiger partial charge is 0.171 e. The van der Waals surface area contributed by atoms with E-state index in [1.54, 1.807) is 20.8 Å². The van der Waals surface area contributed by atoms with E-state index >= 15 is 0 Å². The molecule has 0 heterocycles. The number of hydrogen-bond donors (Lipinski definition) is 0. The molecule has 0 unspecified atom stereocenters. The highest BCUT2D eigenvalue weighted by Gasteiger charge is 2.56. The molecule has 0 aromatic carbocycles. The van der Waals surface area contributed by atoms with Crippen LogP contribution in [-0.2, 0) is 0 Å². The van der Waals surface area contributed by atoms with Gasteiger partial charge in [-0.2, -0.15) is 132 Å². The summed E-state index contributed by atoms with van der Waals surface area (Å²) in [7, 11) is 0. The van der Waals surface area contributed by atoms with Gasteiger partial charge in [-0.1, -0.05) is 269 Å². The van der Waals surface area contributed by atoms with E-state index in [0.29, 0.717) is 42.9 Å². The molecule has 0 spiro atoms. The molecule has 0 saturated carbocycles. The van der Waals surface area contributed by atoms with E-state index in [1.807, 2.05) is 20.8 Å². The Kier molecular flexibility index (Phi) is 74.2. The first-order valence-corrected chi connectivity index (χ1v) is 34.7. The van der Waals surface area contributed by atoms with Gasteiger partial charge in [0.25, 0.3) is 0 Å². The highest BCUT2D eigenvalue weighted by Crippen LogP contribution is 2.43. The van der Waals surface area contributed by atoms with Gasteiger partial charge in [-0.15, -0.1) is 0 Å². The van der Waals surface area contributed by atoms with Crippen molar-refractivity contribution in [1.29, 1.82) is 0 Å². The third-order valence-electron chi connectivity index (χ3n) is 14.8. The van der Waals surface area contributed by atoms with Crippen LogP contribution in [0, 0.1) is 64.1 Å². The maximum absolute atomic E-state index is 11.8. The van der Waals surface area contributed by atoms with Crippen molar-refractivity contribution in [2.24, 2.45) is 64.1 Å². The molecule has 0 aliphatic rings. The molecule has 0 radical (unpaired) electrons. The van der Waals surface area contributed by atoms with Crippen LogP contribution in [0.3, 0.4) is 0 Å². The van der Waals surface area contributed by atoms with E-state index in [9.17, 15) is 132 Å². The SMILES string of the molecule is CC(C)C(C)C.CCC(C)(C)C.CCC(C)(C)C.CCC(C)CC.CCCC(C(F)(F)F)C(F)(F)F.CCCCC(C(F)(F)F)C(F)(F)F.CCCCCCC(F)(F)F.CCCC[C@H](C)C(F)(F)F.CCC[C@H](C)C(F)(F)F.CCC[C@H](C)CC(F)(F)F.C[C@@H](CCC(F)(F)F)C(F)(F)F. The van der Waals surface area contributed by atoms with Crippen molar-refractivity contribution in [3.63, 3.8) is 0 Å². The lowest BCUT2D eigenvalue weighted by Crippen LogP contribution is -2.36. The van der Waals surface area contributed by atoms with Crippen molar-refractivity contribution in [3.05, 3.63) is 0 Å². The van der Waals surface area contributed by atoms with Crippen LogP contribution in [0.15, 0.2) is 0 Å². The molecule has 622 valence electrons. The quantitative estimate of drug-likeness (QED) is 0.0749. The summed E-state index contributed by atoms with van der Waals surface area (Å²) in [6, 6.07) is 0. The average molecular weight is 1540 g/mol. The van der Waals surface area contributed by atoms with E-state index in [2.05, 4.69) is 104 Å². The Hall–Kier alpha value is -2.10. The van der Waals surface area contributed by atoms with Gasteiger partial charge in [-0.3, -0.25) is 0 Å². The van der Waals surface area contributed by atoms with Gasteiger partial charge in [0.15, 0.2) is 11.8 Å². The Morgan fingerprint density at radius 3 is 0.670 bits per heavy atom. The minimum Gasteiger partial charge on any atom is -0.171 e. The lowest BCUT2D eigenvalue weighted by molar-refractivity contribution is -0.287. The second-order valence-electron chi connectivity index (χ2n) is 28.0. The first-order valence-electron chi connectivity index (χ1n) is 34.7. The molecular weight excluding hydrogens is 1410 g/mol. The van der Waals surface area contributed by atoms with Crippen LogP contribution < -0.4 is 0 Å². The van der Waals surface area contributed by atoms with Gasteiger partial charge in [0, 0.05) is 19.3 Å². The van der Waals surface area contributed by atoms with Gasteiger partial charge in [-0.25, -0.2) is 0 Å². The molecule has 0 amide bonds. The molecular formula is C70H132F30. The second kappa shape index (κ2) is 61.0. The average Bonchev–Trinajstić information content (AvgIpc) is 0.843. The number of halogens is 30. The van der Waals surface area contributed by atoms with Gasteiger partial charge in [0.05, 0.1) is 17.8 Å². The summed E-state index contributed by atoms with van der Waals surface area (Å²) in [5.74, 6) is -8.07. The topological polar surface area (TPSA) is 0 Å². The molecule has 0 saturated heterocycles. The van der Waals surface area contributed by atoms with Crippen LogP contribution in [0.4, 0.5) is 132 Å². The molecule has 0 aromatic heterocycles. The minimum atomic E-state index is -5.17. The summed E-state index contributed by atoms with van der Waals surface area (Å²) < 4.78 is 350. The van der Waals surface area contributed by atoms with E-state index in [1.165, 1.54) is 46.5 Å². The number of hydrogen-bond acceptors (Lipinski definition) is 0. The normalized spacial score (nSPS) is 13.8. The summed E-state index contributed by atoms with van der Waals surface area (Å²) in [6.07, 6.45) is -38.6. The van der Waals surface area contributed by atoms with Crippen LogP contribution in [0.1, 0.15) is 327 Å².